The third-order valence-corrected chi connectivity index (χ3v) is 5.40. The molecule has 27 heavy (non-hydrogen) atoms. The van der Waals surface area contributed by atoms with Gasteiger partial charge in [-0.2, -0.15) is 5.10 Å². The van der Waals surface area contributed by atoms with E-state index >= 15 is 0 Å². The molecule has 0 aliphatic heterocycles. The summed E-state index contributed by atoms with van der Waals surface area (Å²) >= 11 is 0. The van der Waals surface area contributed by atoms with Crippen LogP contribution in [0.5, 0.6) is 0 Å². The summed E-state index contributed by atoms with van der Waals surface area (Å²) in [7, 11) is 0. The fourth-order valence-electron chi connectivity index (χ4n) is 3.96. The van der Waals surface area contributed by atoms with Gasteiger partial charge in [-0.15, -0.1) is 0 Å². The van der Waals surface area contributed by atoms with Crippen molar-refractivity contribution in [2.75, 3.05) is 6.54 Å². The van der Waals surface area contributed by atoms with E-state index in [0.29, 0.717) is 0 Å². The van der Waals surface area contributed by atoms with Gasteiger partial charge in [0, 0.05) is 23.8 Å². The second-order valence-corrected chi connectivity index (χ2v) is 7.21. The molecular formula is C23H25N3O. The number of carbonyl (C=O) groups excluding carboxylic acids is 1. The first-order valence-electron chi connectivity index (χ1n) is 9.74. The molecule has 2 aromatic carbocycles. The van der Waals surface area contributed by atoms with Gasteiger partial charge in [0.2, 0.25) is 0 Å². The Morgan fingerprint density at radius 3 is 2.59 bits per heavy atom. The Bertz CT molecular complexity index is 899. The second-order valence-electron chi connectivity index (χ2n) is 7.21. The van der Waals surface area contributed by atoms with Crippen LogP contribution in [0.25, 0.3) is 11.1 Å². The normalized spacial score (nSPS) is 16.0. The molecule has 138 valence electrons. The number of H-pyrrole nitrogens is 1. The van der Waals surface area contributed by atoms with E-state index in [1.807, 2.05) is 48.7 Å². The molecule has 0 saturated carbocycles. The van der Waals surface area contributed by atoms with Crippen molar-refractivity contribution in [2.45, 2.75) is 38.6 Å². The van der Waals surface area contributed by atoms with Gasteiger partial charge in [-0.25, -0.2) is 0 Å². The molecule has 4 heteroatoms. The van der Waals surface area contributed by atoms with Crippen LogP contribution >= 0.6 is 0 Å². The highest BCUT2D eigenvalue weighted by Crippen LogP contribution is 2.25. The van der Waals surface area contributed by atoms with Gasteiger partial charge in [0.25, 0.3) is 5.91 Å². The molecule has 0 bridgehead atoms. The Balaban J connectivity index is 1.54. The molecule has 0 fully saturated rings. The molecule has 1 aliphatic rings. The minimum Gasteiger partial charge on any atom is -0.335 e. The van der Waals surface area contributed by atoms with Crippen LogP contribution in [0.3, 0.4) is 0 Å². The molecule has 1 aliphatic carbocycles. The molecule has 1 atom stereocenters. The molecule has 4 rings (SSSR count). The predicted octanol–water partition coefficient (Wildman–Crippen LogP) is 4.49. The van der Waals surface area contributed by atoms with E-state index in [9.17, 15) is 4.79 Å². The SMILES string of the molecule is CCCN(C(=O)c1ccc(-c2ccccc2)cc1)C1CCc2[nH]ncc2C1. The third kappa shape index (κ3) is 3.65. The lowest BCUT2D eigenvalue weighted by Crippen LogP contribution is -2.43. The molecule has 0 radical (unpaired) electrons. The van der Waals surface area contributed by atoms with Crippen molar-refractivity contribution in [3.8, 4) is 11.1 Å². The summed E-state index contributed by atoms with van der Waals surface area (Å²) in [6.07, 6.45) is 5.70. The van der Waals surface area contributed by atoms with Crippen LogP contribution in [0, 0.1) is 0 Å². The zero-order valence-corrected chi connectivity index (χ0v) is 15.7. The maximum Gasteiger partial charge on any atom is 0.254 e. The monoisotopic (exact) mass is 359 g/mol. The molecule has 1 N–H and O–H groups in total. The molecule has 1 amide bonds. The topological polar surface area (TPSA) is 49.0 Å². The first-order chi connectivity index (χ1) is 13.3. The second kappa shape index (κ2) is 7.78. The number of aromatic nitrogens is 2. The lowest BCUT2D eigenvalue weighted by atomic mass is 9.91. The van der Waals surface area contributed by atoms with E-state index in [-0.39, 0.29) is 11.9 Å². The molecule has 0 saturated heterocycles. The zero-order valence-electron chi connectivity index (χ0n) is 15.7. The van der Waals surface area contributed by atoms with Gasteiger partial charge in [-0.3, -0.25) is 9.89 Å². The molecule has 4 nitrogen and oxygen atoms in total. The number of nitrogens with zero attached hydrogens (tertiary/aromatic N) is 2. The van der Waals surface area contributed by atoms with E-state index in [1.165, 1.54) is 16.8 Å². The summed E-state index contributed by atoms with van der Waals surface area (Å²) in [4.78, 5) is 15.3. The number of nitrogens with one attached hydrogen (secondary N) is 1. The third-order valence-electron chi connectivity index (χ3n) is 5.40. The lowest BCUT2D eigenvalue weighted by molar-refractivity contribution is 0.0661. The molecule has 3 aromatic rings. The van der Waals surface area contributed by atoms with Crippen LogP contribution in [0.2, 0.25) is 0 Å². The average molecular weight is 359 g/mol. The number of benzene rings is 2. The average Bonchev–Trinajstić information content (AvgIpc) is 3.20. The summed E-state index contributed by atoms with van der Waals surface area (Å²) in [6, 6.07) is 18.5. The van der Waals surface area contributed by atoms with Crippen molar-refractivity contribution >= 4 is 5.91 Å². The smallest absolute Gasteiger partial charge is 0.254 e. The fraction of sp³-hybridized carbons (Fsp3) is 0.304. The highest BCUT2D eigenvalue weighted by molar-refractivity contribution is 5.95. The van der Waals surface area contributed by atoms with Gasteiger partial charge in [0.1, 0.15) is 0 Å². The van der Waals surface area contributed by atoms with Gasteiger partial charge < -0.3 is 4.90 Å². The quantitative estimate of drug-likeness (QED) is 0.730. The van der Waals surface area contributed by atoms with Crippen molar-refractivity contribution in [2.24, 2.45) is 0 Å². The zero-order chi connectivity index (χ0) is 18.6. The number of aromatic amines is 1. The fourth-order valence-corrected chi connectivity index (χ4v) is 3.96. The molecule has 1 unspecified atom stereocenters. The van der Waals surface area contributed by atoms with Crippen LogP contribution < -0.4 is 0 Å². The predicted molar refractivity (Wildman–Crippen MR) is 108 cm³/mol. The number of aryl methyl sites for hydroxylation is 1. The van der Waals surface area contributed by atoms with E-state index in [0.717, 1.165) is 43.4 Å². The number of hydrogen-bond acceptors (Lipinski definition) is 2. The Morgan fingerprint density at radius 1 is 1.11 bits per heavy atom. The van der Waals surface area contributed by atoms with E-state index in [2.05, 4.69) is 34.2 Å². The summed E-state index contributed by atoms with van der Waals surface area (Å²) < 4.78 is 0. The molecular weight excluding hydrogens is 334 g/mol. The van der Waals surface area contributed by atoms with Crippen LogP contribution in [0.15, 0.2) is 60.8 Å². The van der Waals surface area contributed by atoms with Crippen molar-refractivity contribution in [3.05, 3.63) is 77.6 Å². The van der Waals surface area contributed by atoms with Gasteiger partial charge in [-0.1, -0.05) is 49.4 Å². The molecule has 1 heterocycles. The first-order valence-corrected chi connectivity index (χ1v) is 9.74. The minimum atomic E-state index is 0.133. The number of hydrogen-bond donors (Lipinski definition) is 1. The highest BCUT2D eigenvalue weighted by Gasteiger charge is 2.28. The van der Waals surface area contributed by atoms with Gasteiger partial charge in [-0.05, 0) is 54.5 Å². The van der Waals surface area contributed by atoms with Crippen molar-refractivity contribution in [1.29, 1.82) is 0 Å². The Hall–Kier alpha value is -2.88. The minimum absolute atomic E-state index is 0.133. The van der Waals surface area contributed by atoms with Crippen molar-refractivity contribution < 1.29 is 4.79 Å². The molecule has 0 spiro atoms. The number of rotatable bonds is 5. The van der Waals surface area contributed by atoms with Crippen LogP contribution in [-0.4, -0.2) is 33.6 Å². The number of carbonyl (C=O) groups is 1. The Morgan fingerprint density at radius 2 is 1.85 bits per heavy atom. The summed E-state index contributed by atoms with van der Waals surface area (Å²) in [5, 5.41) is 7.23. The van der Waals surface area contributed by atoms with Gasteiger partial charge in [0.05, 0.1) is 6.20 Å². The van der Waals surface area contributed by atoms with Crippen molar-refractivity contribution in [1.82, 2.24) is 15.1 Å². The first kappa shape index (κ1) is 17.5. The largest absolute Gasteiger partial charge is 0.335 e. The highest BCUT2D eigenvalue weighted by atomic mass is 16.2. The van der Waals surface area contributed by atoms with E-state index in [4.69, 9.17) is 0 Å². The number of fused-ring (bicyclic) bond motifs is 1. The summed E-state index contributed by atoms with van der Waals surface area (Å²) in [6.45, 7) is 2.92. The number of amides is 1. The summed E-state index contributed by atoms with van der Waals surface area (Å²) in [5.41, 5.74) is 5.54. The standard InChI is InChI=1S/C23H25N3O/c1-2-14-26(21-12-13-22-20(15-21)16-24-25-22)23(27)19-10-8-18(9-11-19)17-6-4-3-5-7-17/h3-11,16,21H,2,12-15H2,1H3,(H,24,25). The maximum atomic E-state index is 13.2. The summed E-state index contributed by atoms with van der Waals surface area (Å²) in [5.74, 6) is 0.133. The van der Waals surface area contributed by atoms with E-state index in [1.54, 1.807) is 0 Å². The Kier molecular flexibility index (Phi) is 5.05. The molecule has 1 aromatic heterocycles. The maximum absolute atomic E-state index is 13.2. The van der Waals surface area contributed by atoms with Crippen LogP contribution in [-0.2, 0) is 12.8 Å². The van der Waals surface area contributed by atoms with Gasteiger partial charge >= 0.3 is 0 Å². The Labute approximate surface area is 160 Å². The van der Waals surface area contributed by atoms with E-state index < -0.39 is 0 Å². The van der Waals surface area contributed by atoms with Gasteiger partial charge in [0.15, 0.2) is 0 Å². The lowest BCUT2D eigenvalue weighted by Gasteiger charge is -2.34. The van der Waals surface area contributed by atoms with Crippen LogP contribution in [0.4, 0.5) is 0 Å². The van der Waals surface area contributed by atoms with Crippen LogP contribution in [0.1, 0.15) is 41.4 Å². The van der Waals surface area contributed by atoms with Crippen molar-refractivity contribution in [3.63, 3.8) is 0 Å².